The van der Waals surface area contributed by atoms with E-state index in [0.29, 0.717) is 23.2 Å². The zero-order valence-electron chi connectivity index (χ0n) is 12.1. The van der Waals surface area contributed by atoms with Gasteiger partial charge < -0.3 is 8.83 Å². The summed E-state index contributed by atoms with van der Waals surface area (Å²) in [5.41, 5.74) is 2.39. The van der Waals surface area contributed by atoms with Crippen LogP contribution in [0.3, 0.4) is 0 Å². The van der Waals surface area contributed by atoms with Gasteiger partial charge in [-0.3, -0.25) is 4.79 Å². The van der Waals surface area contributed by atoms with Gasteiger partial charge in [-0.2, -0.15) is 0 Å². The Morgan fingerprint density at radius 1 is 0.864 bits per heavy atom. The number of aryl methyl sites for hydroxylation is 1. The Bertz CT molecular complexity index is 1000. The van der Waals surface area contributed by atoms with Crippen molar-refractivity contribution in [2.24, 2.45) is 0 Å². The van der Waals surface area contributed by atoms with E-state index in [-0.39, 0.29) is 5.43 Å². The van der Waals surface area contributed by atoms with Crippen LogP contribution in [-0.2, 0) is 6.42 Å². The maximum atomic E-state index is 12.3. The third-order valence-electron chi connectivity index (χ3n) is 3.84. The van der Waals surface area contributed by atoms with Gasteiger partial charge in [0.2, 0.25) is 0 Å². The summed E-state index contributed by atoms with van der Waals surface area (Å²) in [6.07, 6.45) is 0.466. The minimum atomic E-state index is -0.00883. The second-order valence-electron chi connectivity index (χ2n) is 5.45. The summed E-state index contributed by atoms with van der Waals surface area (Å²) in [5, 5.41) is 1.70. The highest BCUT2D eigenvalue weighted by atomic mass is 16.4. The largest absolute Gasteiger partial charge is 0.461 e. The van der Waals surface area contributed by atoms with Crippen molar-refractivity contribution in [3.8, 4) is 0 Å². The number of furan rings is 1. The first-order valence-electron chi connectivity index (χ1n) is 7.20. The number of hydrogen-bond acceptors (Lipinski definition) is 3. The number of fused-ring (bicyclic) bond motifs is 2. The van der Waals surface area contributed by atoms with Gasteiger partial charge in [-0.25, -0.2) is 0 Å². The molecule has 0 atom stereocenters. The molecule has 0 radical (unpaired) electrons. The molecule has 108 valence electrons. The van der Waals surface area contributed by atoms with E-state index < -0.39 is 0 Å². The zero-order valence-corrected chi connectivity index (χ0v) is 12.1. The van der Waals surface area contributed by atoms with Gasteiger partial charge in [0.05, 0.1) is 11.8 Å². The van der Waals surface area contributed by atoms with Gasteiger partial charge in [-0.15, -0.1) is 0 Å². The van der Waals surface area contributed by atoms with E-state index in [2.05, 4.69) is 0 Å². The molecule has 2 aromatic heterocycles. The Morgan fingerprint density at radius 2 is 1.59 bits per heavy atom. The molecular weight excluding hydrogens is 276 g/mol. The fraction of sp³-hybridized carbons (Fsp3) is 0.105. The summed E-state index contributed by atoms with van der Waals surface area (Å²) < 4.78 is 11.6. The molecule has 3 nitrogen and oxygen atoms in total. The van der Waals surface area contributed by atoms with Gasteiger partial charge in [0.1, 0.15) is 22.7 Å². The lowest BCUT2D eigenvalue weighted by Crippen LogP contribution is -2.04. The summed E-state index contributed by atoms with van der Waals surface area (Å²) in [7, 11) is 0. The molecule has 4 aromatic rings. The van der Waals surface area contributed by atoms with Crippen molar-refractivity contribution < 1.29 is 8.83 Å². The minimum Gasteiger partial charge on any atom is -0.461 e. The van der Waals surface area contributed by atoms with E-state index >= 15 is 0 Å². The highest BCUT2D eigenvalue weighted by Gasteiger charge is 2.10. The first-order valence-corrected chi connectivity index (χ1v) is 7.20. The second kappa shape index (κ2) is 4.88. The molecule has 0 aliphatic rings. The molecule has 3 heteroatoms. The topological polar surface area (TPSA) is 43.4 Å². The minimum absolute atomic E-state index is 0.00883. The quantitative estimate of drug-likeness (QED) is 0.548. The third kappa shape index (κ3) is 2.11. The monoisotopic (exact) mass is 290 g/mol. The van der Waals surface area contributed by atoms with E-state index in [0.717, 1.165) is 22.3 Å². The lowest BCUT2D eigenvalue weighted by atomic mass is 10.1. The van der Waals surface area contributed by atoms with Crippen LogP contribution in [0.15, 0.2) is 68.2 Å². The molecule has 22 heavy (non-hydrogen) atoms. The SMILES string of the molecule is Cc1cccc2oc(Cc3cc4ccccc4o3)cc(=O)c12. The van der Waals surface area contributed by atoms with Gasteiger partial charge in [0, 0.05) is 11.5 Å². The van der Waals surface area contributed by atoms with Crippen LogP contribution in [0.2, 0.25) is 0 Å². The van der Waals surface area contributed by atoms with Gasteiger partial charge in [-0.05, 0) is 30.7 Å². The lowest BCUT2D eigenvalue weighted by Gasteiger charge is -2.03. The Balaban J connectivity index is 1.79. The molecule has 0 saturated heterocycles. The van der Waals surface area contributed by atoms with Crippen molar-refractivity contribution >= 4 is 21.9 Å². The van der Waals surface area contributed by atoms with Crippen molar-refractivity contribution in [2.75, 3.05) is 0 Å². The molecule has 0 amide bonds. The van der Waals surface area contributed by atoms with Crippen LogP contribution in [0.25, 0.3) is 21.9 Å². The van der Waals surface area contributed by atoms with Crippen LogP contribution in [0.4, 0.5) is 0 Å². The summed E-state index contributed by atoms with van der Waals surface area (Å²) >= 11 is 0. The molecule has 0 saturated carbocycles. The van der Waals surface area contributed by atoms with E-state index in [9.17, 15) is 4.79 Å². The Hall–Kier alpha value is -2.81. The second-order valence-corrected chi connectivity index (χ2v) is 5.45. The van der Waals surface area contributed by atoms with Crippen molar-refractivity contribution in [1.29, 1.82) is 0 Å². The summed E-state index contributed by atoms with van der Waals surface area (Å²) in [5.74, 6) is 1.40. The fourth-order valence-electron chi connectivity index (χ4n) is 2.81. The van der Waals surface area contributed by atoms with E-state index in [1.807, 2.05) is 55.5 Å². The van der Waals surface area contributed by atoms with Crippen LogP contribution in [0.5, 0.6) is 0 Å². The summed E-state index contributed by atoms with van der Waals surface area (Å²) in [6, 6.07) is 17.0. The van der Waals surface area contributed by atoms with Crippen LogP contribution < -0.4 is 5.43 Å². The van der Waals surface area contributed by atoms with Gasteiger partial charge >= 0.3 is 0 Å². The first-order chi connectivity index (χ1) is 10.7. The maximum absolute atomic E-state index is 12.3. The van der Waals surface area contributed by atoms with Crippen LogP contribution in [0.1, 0.15) is 17.1 Å². The van der Waals surface area contributed by atoms with Gasteiger partial charge in [0.15, 0.2) is 5.43 Å². The predicted octanol–water partition coefficient (Wildman–Crippen LogP) is 4.44. The Kier molecular flexibility index (Phi) is 2.86. The summed E-state index contributed by atoms with van der Waals surface area (Å²) in [6.45, 7) is 1.91. The summed E-state index contributed by atoms with van der Waals surface area (Å²) in [4.78, 5) is 12.3. The molecule has 4 rings (SSSR count). The first kappa shape index (κ1) is 12.9. The molecule has 2 aromatic carbocycles. The van der Waals surface area contributed by atoms with Crippen LogP contribution >= 0.6 is 0 Å². The molecule has 2 heterocycles. The normalized spacial score (nSPS) is 11.3. The molecule has 0 bridgehead atoms. The number of rotatable bonds is 2. The van der Waals surface area contributed by atoms with E-state index in [1.165, 1.54) is 0 Å². The average Bonchev–Trinajstić information content (AvgIpc) is 2.89. The maximum Gasteiger partial charge on any atom is 0.193 e. The third-order valence-corrected chi connectivity index (χ3v) is 3.84. The Labute approximate surface area is 126 Å². The smallest absolute Gasteiger partial charge is 0.193 e. The molecular formula is C19H14O3. The molecule has 0 fully saturated rings. The number of para-hydroxylation sites is 1. The number of hydrogen-bond donors (Lipinski definition) is 0. The predicted molar refractivity (Wildman–Crippen MR) is 86.2 cm³/mol. The molecule has 0 spiro atoms. The van der Waals surface area contributed by atoms with Crippen molar-refractivity contribution in [3.63, 3.8) is 0 Å². The molecule has 0 aliphatic carbocycles. The van der Waals surface area contributed by atoms with Gasteiger partial charge in [0.25, 0.3) is 0 Å². The standard InChI is InChI=1S/C19H14O3/c1-12-5-4-8-18-19(12)16(20)11-15(22-18)10-14-9-13-6-2-3-7-17(13)21-14/h2-9,11H,10H2,1H3. The molecule has 0 N–H and O–H groups in total. The zero-order chi connectivity index (χ0) is 15.1. The highest BCUT2D eigenvalue weighted by Crippen LogP contribution is 2.22. The molecule has 0 unspecified atom stereocenters. The van der Waals surface area contributed by atoms with Crippen molar-refractivity contribution in [3.05, 3.63) is 81.9 Å². The number of benzene rings is 2. The molecule has 0 aliphatic heterocycles. The van der Waals surface area contributed by atoms with E-state index in [4.69, 9.17) is 8.83 Å². The van der Waals surface area contributed by atoms with Crippen molar-refractivity contribution in [1.82, 2.24) is 0 Å². The Morgan fingerprint density at radius 3 is 2.45 bits per heavy atom. The van der Waals surface area contributed by atoms with Crippen molar-refractivity contribution in [2.45, 2.75) is 13.3 Å². The van der Waals surface area contributed by atoms with Crippen LogP contribution in [-0.4, -0.2) is 0 Å². The average molecular weight is 290 g/mol. The van der Waals surface area contributed by atoms with Crippen LogP contribution in [0, 0.1) is 6.92 Å². The lowest BCUT2D eigenvalue weighted by molar-refractivity contribution is 0.505. The highest BCUT2D eigenvalue weighted by molar-refractivity contribution is 5.80. The van der Waals surface area contributed by atoms with Gasteiger partial charge in [-0.1, -0.05) is 30.3 Å². The fourth-order valence-corrected chi connectivity index (χ4v) is 2.81. The van der Waals surface area contributed by atoms with E-state index in [1.54, 1.807) is 6.07 Å².